The second-order valence-electron chi connectivity index (χ2n) is 11.4. The number of halogens is 1. The summed E-state index contributed by atoms with van der Waals surface area (Å²) in [6, 6.07) is 4.08. The number of fused-ring (bicyclic) bond motifs is 2. The average molecular weight is 549 g/mol. The Morgan fingerprint density at radius 1 is 1.27 bits per heavy atom. The number of anilines is 1. The Bertz CT molecular complexity index is 1370. The Labute approximate surface area is 235 Å². The maximum absolute atomic E-state index is 15.5. The number of ether oxygens (including phenoxy) is 2. The van der Waals surface area contributed by atoms with E-state index in [2.05, 4.69) is 31.9 Å². The van der Waals surface area contributed by atoms with E-state index in [1.165, 1.54) is 12.1 Å². The first-order valence-corrected chi connectivity index (χ1v) is 13.8. The number of pyridine rings is 1. The van der Waals surface area contributed by atoms with Gasteiger partial charge in [0.1, 0.15) is 41.9 Å². The minimum Gasteiger partial charge on any atom is -0.490 e. The monoisotopic (exact) mass is 548 g/mol. The van der Waals surface area contributed by atoms with E-state index in [0.717, 1.165) is 12.8 Å². The number of benzene rings is 1. The van der Waals surface area contributed by atoms with Crippen LogP contribution in [-0.2, 0) is 4.79 Å². The topological polar surface area (TPSA) is 75.2 Å². The molecule has 2 amide bonds. The van der Waals surface area contributed by atoms with E-state index >= 15 is 4.39 Å². The zero-order valence-corrected chi connectivity index (χ0v) is 23.7. The van der Waals surface area contributed by atoms with Gasteiger partial charge in [0.2, 0.25) is 5.91 Å². The lowest BCUT2D eigenvalue weighted by Gasteiger charge is -2.44. The third-order valence-electron chi connectivity index (χ3n) is 8.23. The Balaban J connectivity index is 1.71. The molecule has 0 spiro atoms. The highest BCUT2D eigenvalue weighted by molar-refractivity contribution is 6.04. The molecule has 9 heteroatoms. The van der Waals surface area contributed by atoms with Gasteiger partial charge < -0.3 is 24.2 Å². The number of carbonyl (C=O) groups is 2. The largest absolute Gasteiger partial charge is 0.490 e. The molecule has 2 aromatic rings. The van der Waals surface area contributed by atoms with Crippen LogP contribution >= 0.6 is 0 Å². The molecule has 0 N–H and O–H groups in total. The second-order valence-corrected chi connectivity index (χ2v) is 11.4. The molecule has 0 saturated carbocycles. The van der Waals surface area contributed by atoms with Crippen molar-refractivity contribution in [3.05, 3.63) is 60.5 Å². The zero-order valence-electron chi connectivity index (χ0n) is 23.7. The summed E-state index contributed by atoms with van der Waals surface area (Å²) in [5, 5.41) is 0. The van der Waals surface area contributed by atoms with Gasteiger partial charge in [-0.2, -0.15) is 0 Å². The van der Waals surface area contributed by atoms with Crippen LogP contribution in [0.1, 0.15) is 49.5 Å². The van der Waals surface area contributed by atoms with E-state index in [-0.39, 0.29) is 48.2 Å². The first-order valence-electron chi connectivity index (χ1n) is 13.8. The molecule has 40 heavy (non-hydrogen) atoms. The van der Waals surface area contributed by atoms with Crippen LogP contribution in [0.5, 0.6) is 11.5 Å². The average Bonchev–Trinajstić information content (AvgIpc) is 3.20. The molecule has 0 bridgehead atoms. The molecule has 5 rings (SSSR count). The van der Waals surface area contributed by atoms with Crippen LogP contribution in [0.15, 0.2) is 43.5 Å². The van der Waals surface area contributed by atoms with Gasteiger partial charge in [-0.25, -0.2) is 9.37 Å². The molecular formula is C31H37FN4O4. The van der Waals surface area contributed by atoms with Gasteiger partial charge in [0.05, 0.1) is 17.3 Å². The standard InChI is InChI=1S/C31H37FN4O4/c1-7-15-39-23-12-9-11-22(32)25(23)27-20(4)28-26(29(33-27)35-14-10-13-31(35,5)6)30(38)36-19(3)16-34(24(37)8-2)17-21(36)18-40-28/h7-9,11-12,19,21H,1-2,10,13-18H2,3-6H3/t19?,21-/m1/s1. The minimum atomic E-state index is -0.478. The van der Waals surface area contributed by atoms with Gasteiger partial charge in [0.15, 0.2) is 0 Å². The van der Waals surface area contributed by atoms with Gasteiger partial charge in [-0.1, -0.05) is 25.3 Å². The fraction of sp³-hybridized carbons (Fsp3) is 0.452. The Morgan fingerprint density at radius 2 is 2.05 bits per heavy atom. The van der Waals surface area contributed by atoms with Crippen molar-refractivity contribution in [2.75, 3.05) is 37.7 Å². The SMILES string of the molecule is C=CCOc1cccc(F)c1-c1nc(N2CCCC2(C)C)c2c(c1C)OC[C@H]1CN(C(=O)C=C)CC(C)N1C2=O. The summed E-state index contributed by atoms with van der Waals surface area (Å²) < 4.78 is 27.8. The van der Waals surface area contributed by atoms with Crippen molar-refractivity contribution in [3.8, 4) is 22.8 Å². The van der Waals surface area contributed by atoms with Crippen LogP contribution in [0.25, 0.3) is 11.3 Å². The molecule has 1 aromatic carbocycles. The number of amides is 2. The van der Waals surface area contributed by atoms with Gasteiger partial charge in [-0.3, -0.25) is 9.59 Å². The summed E-state index contributed by atoms with van der Waals surface area (Å²) in [5.74, 6) is 0.381. The van der Waals surface area contributed by atoms with Gasteiger partial charge in [0.25, 0.3) is 5.91 Å². The number of nitrogens with zero attached hydrogens (tertiary/aromatic N) is 4. The first kappa shape index (κ1) is 27.7. The summed E-state index contributed by atoms with van der Waals surface area (Å²) in [5.41, 5.74) is 1.27. The van der Waals surface area contributed by atoms with E-state index in [0.29, 0.717) is 53.8 Å². The van der Waals surface area contributed by atoms with Crippen LogP contribution in [0.2, 0.25) is 0 Å². The van der Waals surface area contributed by atoms with Crippen LogP contribution in [-0.4, -0.2) is 77.1 Å². The maximum Gasteiger partial charge on any atom is 0.262 e. The summed E-state index contributed by atoms with van der Waals surface area (Å²) >= 11 is 0. The van der Waals surface area contributed by atoms with Crippen molar-refractivity contribution in [1.29, 1.82) is 0 Å². The molecule has 2 atom stereocenters. The lowest BCUT2D eigenvalue weighted by molar-refractivity contribution is -0.130. The summed E-state index contributed by atoms with van der Waals surface area (Å²) in [7, 11) is 0. The van der Waals surface area contributed by atoms with E-state index in [4.69, 9.17) is 14.5 Å². The smallest absolute Gasteiger partial charge is 0.262 e. The predicted octanol–water partition coefficient (Wildman–Crippen LogP) is 4.76. The lowest BCUT2D eigenvalue weighted by Crippen LogP contribution is -2.61. The molecule has 212 valence electrons. The van der Waals surface area contributed by atoms with Gasteiger partial charge >= 0.3 is 0 Å². The number of rotatable bonds is 6. The van der Waals surface area contributed by atoms with Crippen molar-refractivity contribution in [1.82, 2.24) is 14.8 Å². The van der Waals surface area contributed by atoms with Crippen LogP contribution in [0, 0.1) is 12.7 Å². The normalized spacial score (nSPS) is 21.7. The third kappa shape index (κ3) is 4.61. The molecule has 3 aliphatic heterocycles. The molecule has 8 nitrogen and oxygen atoms in total. The highest BCUT2D eigenvalue weighted by Crippen LogP contribution is 2.46. The van der Waals surface area contributed by atoms with E-state index in [1.54, 1.807) is 30.0 Å². The highest BCUT2D eigenvalue weighted by Gasteiger charge is 2.45. The van der Waals surface area contributed by atoms with Gasteiger partial charge in [0, 0.05) is 36.8 Å². The lowest BCUT2D eigenvalue weighted by atomic mass is 9.98. The van der Waals surface area contributed by atoms with Gasteiger partial charge in [-0.15, -0.1) is 0 Å². The second kappa shape index (κ2) is 10.6. The minimum absolute atomic E-state index is 0.174. The molecule has 1 unspecified atom stereocenters. The predicted molar refractivity (Wildman–Crippen MR) is 152 cm³/mol. The third-order valence-corrected chi connectivity index (χ3v) is 8.23. The van der Waals surface area contributed by atoms with Crippen LogP contribution in [0.4, 0.5) is 10.2 Å². The molecule has 1 aromatic heterocycles. The summed E-state index contributed by atoms with van der Waals surface area (Å²) in [6.07, 6.45) is 4.77. The number of carbonyl (C=O) groups excluding carboxylic acids is 2. The summed E-state index contributed by atoms with van der Waals surface area (Å²) in [6.45, 7) is 17.2. The molecule has 2 fully saturated rings. The van der Waals surface area contributed by atoms with Crippen molar-refractivity contribution >= 4 is 17.6 Å². The fourth-order valence-corrected chi connectivity index (χ4v) is 6.26. The van der Waals surface area contributed by atoms with E-state index in [1.807, 2.05) is 11.8 Å². The van der Waals surface area contributed by atoms with Crippen molar-refractivity contribution in [3.63, 3.8) is 0 Å². The Kier molecular flexibility index (Phi) is 7.33. The fourth-order valence-electron chi connectivity index (χ4n) is 6.26. The molecule has 0 radical (unpaired) electrons. The maximum atomic E-state index is 15.5. The Hall–Kier alpha value is -3.88. The number of hydrogen-bond acceptors (Lipinski definition) is 6. The van der Waals surface area contributed by atoms with Crippen LogP contribution in [0.3, 0.4) is 0 Å². The number of aromatic nitrogens is 1. The van der Waals surface area contributed by atoms with Crippen molar-refractivity contribution in [2.24, 2.45) is 0 Å². The van der Waals surface area contributed by atoms with Crippen molar-refractivity contribution < 1.29 is 23.5 Å². The molecular weight excluding hydrogens is 511 g/mol. The first-order chi connectivity index (χ1) is 19.1. The number of hydrogen-bond donors (Lipinski definition) is 0. The quantitative estimate of drug-likeness (QED) is 0.383. The summed E-state index contributed by atoms with van der Waals surface area (Å²) in [4.78, 5) is 37.6. The van der Waals surface area contributed by atoms with Crippen LogP contribution < -0.4 is 14.4 Å². The molecule has 2 saturated heterocycles. The molecule has 0 aliphatic carbocycles. The number of piperazine rings is 1. The van der Waals surface area contributed by atoms with Crippen molar-refractivity contribution in [2.45, 2.75) is 58.2 Å². The Morgan fingerprint density at radius 3 is 2.73 bits per heavy atom. The molecule has 3 aliphatic rings. The highest BCUT2D eigenvalue weighted by atomic mass is 19.1. The molecule has 4 heterocycles. The zero-order chi connectivity index (χ0) is 28.8. The van der Waals surface area contributed by atoms with E-state index in [9.17, 15) is 9.59 Å². The van der Waals surface area contributed by atoms with E-state index < -0.39 is 5.82 Å². The van der Waals surface area contributed by atoms with Gasteiger partial charge in [-0.05, 0) is 58.7 Å².